The molecule has 11 heteroatoms. The molecule has 0 fully saturated rings. The lowest BCUT2D eigenvalue weighted by Crippen LogP contribution is -2.41. The molecule has 11 nitrogen and oxygen atoms in total. The predicted molar refractivity (Wildman–Crippen MR) is 72.6 cm³/mol. The van der Waals surface area contributed by atoms with Crippen LogP contribution >= 0.6 is 0 Å². The van der Waals surface area contributed by atoms with Crippen LogP contribution in [-0.4, -0.2) is 54.0 Å². The van der Waals surface area contributed by atoms with Gasteiger partial charge in [0.05, 0.1) is 0 Å². The van der Waals surface area contributed by atoms with Crippen LogP contribution in [0.1, 0.15) is 0 Å². The number of hydrogen-bond donors (Lipinski definition) is 4. The highest BCUT2D eigenvalue weighted by atomic mass is 16.2. The largest absolute Gasteiger partial charge is 0.368 e. The lowest BCUT2D eigenvalue weighted by atomic mass is 10.4. The normalized spacial score (nSPS) is 9.95. The highest BCUT2D eigenvalue weighted by Gasteiger charge is 2.18. The Morgan fingerprint density at radius 1 is 1.05 bits per heavy atom. The molecule has 0 aliphatic carbocycles. The van der Waals surface area contributed by atoms with Gasteiger partial charge >= 0.3 is 0 Å². The second-order valence-corrected chi connectivity index (χ2v) is 4.09. The van der Waals surface area contributed by atoms with Gasteiger partial charge in [-0.25, -0.2) is 5.84 Å². The predicted octanol–water partition coefficient (Wildman–Crippen LogP) is -3.00. The zero-order chi connectivity index (χ0) is 15.3. The van der Waals surface area contributed by atoms with Crippen molar-refractivity contribution in [3.05, 3.63) is 0 Å². The summed E-state index contributed by atoms with van der Waals surface area (Å²) in [6.45, 7) is -0.520. The molecule has 0 aliphatic heterocycles. The van der Waals surface area contributed by atoms with Crippen LogP contribution < -0.4 is 32.5 Å². The first kappa shape index (κ1) is 15.4. The fourth-order valence-electron chi connectivity index (χ4n) is 1.33. The zero-order valence-corrected chi connectivity index (χ0v) is 11.2. The van der Waals surface area contributed by atoms with Crippen molar-refractivity contribution in [1.82, 2.24) is 15.0 Å². The average Bonchev–Trinajstić information content (AvgIpc) is 2.36. The second-order valence-electron chi connectivity index (χ2n) is 4.09. The minimum Gasteiger partial charge on any atom is -0.368 e. The molecule has 0 atom stereocenters. The van der Waals surface area contributed by atoms with Gasteiger partial charge in [0.2, 0.25) is 29.7 Å². The van der Waals surface area contributed by atoms with Gasteiger partial charge in [-0.2, -0.15) is 15.0 Å². The quantitative estimate of drug-likeness (QED) is 0.301. The Hall–Kier alpha value is -2.69. The van der Waals surface area contributed by atoms with Gasteiger partial charge in [-0.3, -0.25) is 15.0 Å². The third-order valence-electron chi connectivity index (χ3n) is 2.12. The van der Waals surface area contributed by atoms with Crippen molar-refractivity contribution in [3.8, 4) is 0 Å². The lowest BCUT2D eigenvalue weighted by Gasteiger charge is -2.21. The van der Waals surface area contributed by atoms with Gasteiger partial charge in [-0.05, 0) is 0 Å². The number of nitrogens with two attached hydrogens (primary N) is 3. The molecule has 1 heterocycles. The van der Waals surface area contributed by atoms with Crippen molar-refractivity contribution in [2.24, 2.45) is 17.3 Å². The third-order valence-corrected chi connectivity index (χ3v) is 2.12. The van der Waals surface area contributed by atoms with Crippen molar-refractivity contribution in [2.75, 3.05) is 42.4 Å². The van der Waals surface area contributed by atoms with Crippen LogP contribution in [0, 0.1) is 0 Å². The monoisotopic (exact) mass is 283 g/mol. The number of hydrogen-bond acceptors (Lipinski definition) is 9. The molecule has 7 N–H and O–H groups in total. The average molecular weight is 283 g/mol. The molecule has 0 saturated carbocycles. The van der Waals surface area contributed by atoms with Gasteiger partial charge in [0.1, 0.15) is 13.1 Å². The third kappa shape index (κ3) is 4.20. The molecule has 0 spiro atoms. The fourth-order valence-corrected chi connectivity index (χ4v) is 1.33. The molecular formula is C9H17N9O2. The summed E-state index contributed by atoms with van der Waals surface area (Å²) in [5.74, 6) is 4.40. The van der Waals surface area contributed by atoms with Gasteiger partial charge < -0.3 is 21.3 Å². The SMILES string of the molecule is CN(C)c1nc(NN)nc(N(CC(N)=O)CC(N)=O)n1. The molecule has 1 aromatic rings. The number of carbonyl (C=O) groups is 2. The summed E-state index contributed by atoms with van der Waals surface area (Å²) in [6.07, 6.45) is 0. The number of nitrogens with zero attached hydrogens (tertiary/aromatic N) is 5. The maximum atomic E-state index is 11.0. The van der Waals surface area contributed by atoms with E-state index in [1.807, 2.05) is 0 Å². The first-order chi connectivity index (χ1) is 9.33. The summed E-state index contributed by atoms with van der Waals surface area (Å²) in [7, 11) is 3.43. The Morgan fingerprint density at radius 2 is 1.55 bits per heavy atom. The summed E-state index contributed by atoms with van der Waals surface area (Å²) < 4.78 is 0. The van der Waals surface area contributed by atoms with Crippen LogP contribution in [0.3, 0.4) is 0 Å². The Morgan fingerprint density at radius 3 is 1.95 bits per heavy atom. The van der Waals surface area contributed by atoms with Crippen LogP contribution in [0.4, 0.5) is 17.8 Å². The summed E-state index contributed by atoms with van der Waals surface area (Å²) in [6, 6.07) is 0. The molecule has 0 bridgehead atoms. The summed E-state index contributed by atoms with van der Waals surface area (Å²) >= 11 is 0. The van der Waals surface area contributed by atoms with Gasteiger partial charge in [-0.1, -0.05) is 0 Å². The highest BCUT2D eigenvalue weighted by Crippen LogP contribution is 2.14. The first-order valence-corrected chi connectivity index (χ1v) is 5.55. The molecule has 1 aromatic heterocycles. The number of amides is 2. The van der Waals surface area contributed by atoms with Crippen molar-refractivity contribution in [2.45, 2.75) is 0 Å². The Kier molecular flexibility index (Phi) is 4.97. The van der Waals surface area contributed by atoms with E-state index < -0.39 is 11.8 Å². The van der Waals surface area contributed by atoms with Crippen molar-refractivity contribution >= 4 is 29.7 Å². The van der Waals surface area contributed by atoms with Crippen molar-refractivity contribution in [3.63, 3.8) is 0 Å². The number of anilines is 3. The number of hydrazine groups is 1. The number of carbonyl (C=O) groups excluding carboxylic acids is 2. The van der Waals surface area contributed by atoms with Gasteiger partial charge in [0.15, 0.2) is 0 Å². The number of nitrogens with one attached hydrogen (secondary N) is 1. The summed E-state index contributed by atoms with van der Waals surface area (Å²) in [5, 5.41) is 0. The number of aromatic nitrogens is 3. The van der Waals surface area contributed by atoms with E-state index in [2.05, 4.69) is 20.4 Å². The van der Waals surface area contributed by atoms with E-state index in [4.69, 9.17) is 17.3 Å². The first-order valence-electron chi connectivity index (χ1n) is 5.55. The van der Waals surface area contributed by atoms with E-state index in [0.29, 0.717) is 5.95 Å². The maximum Gasteiger partial charge on any atom is 0.243 e. The zero-order valence-electron chi connectivity index (χ0n) is 11.2. The van der Waals surface area contributed by atoms with E-state index in [1.165, 1.54) is 4.90 Å². The minimum absolute atomic E-state index is 0.0641. The van der Waals surface area contributed by atoms with Gasteiger partial charge in [0.25, 0.3) is 0 Å². The number of nitrogen functional groups attached to an aromatic ring is 1. The Balaban J connectivity index is 3.19. The maximum absolute atomic E-state index is 11.0. The molecule has 20 heavy (non-hydrogen) atoms. The van der Waals surface area contributed by atoms with Crippen molar-refractivity contribution in [1.29, 1.82) is 0 Å². The fraction of sp³-hybridized carbons (Fsp3) is 0.444. The van der Waals surface area contributed by atoms with Crippen molar-refractivity contribution < 1.29 is 9.59 Å². The minimum atomic E-state index is -0.652. The standard InChI is InChI=1S/C9H17N9O2/c1-17(2)8-13-7(16-12)14-9(15-8)18(3-5(10)19)4-6(11)20/h3-4,12H2,1-2H3,(H2,10,19)(H2,11,20)(H,13,14,15,16). The van der Waals surface area contributed by atoms with E-state index in [-0.39, 0.29) is 25.0 Å². The molecular weight excluding hydrogens is 266 g/mol. The van der Waals surface area contributed by atoms with E-state index in [9.17, 15) is 9.59 Å². The molecule has 0 aliphatic rings. The molecule has 0 radical (unpaired) electrons. The Bertz CT molecular complexity index is 488. The topological polar surface area (TPSA) is 169 Å². The number of rotatable bonds is 7. The molecule has 0 saturated heterocycles. The number of primary amides is 2. The van der Waals surface area contributed by atoms with E-state index in [1.54, 1.807) is 19.0 Å². The molecule has 0 aromatic carbocycles. The molecule has 0 unspecified atom stereocenters. The van der Waals surface area contributed by atoms with E-state index in [0.717, 1.165) is 0 Å². The van der Waals surface area contributed by atoms with E-state index >= 15 is 0 Å². The second kappa shape index (κ2) is 6.47. The van der Waals surface area contributed by atoms with Crippen LogP contribution in [0.25, 0.3) is 0 Å². The van der Waals surface area contributed by atoms with Gasteiger partial charge in [-0.15, -0.1) is 0 Å². The summed E-state index contributed by atoms with van der Waals surface area (Å²) in [4.78, 5) is 37.0. The van der Waals surface area contributed by atoms with Gasteiger partial charge in [0, 0.05) is 14.1 Å². The smallest absolute Gasteiger partial charge is 0.243 e. The highest BCUT2D eigenvalue weighted by molar-refractivity contribution is 5.84. The van der Waals surface area contributed by atoms with Crippen LogP contribution in [0.2, 0.25) is 0 Å². The molecule has 110 valence electrons. The molecule has 2 amide bonds. The van der Waals surface area contributed by atoms with Crippen LogP contribution in [0.5, 0.6) is 0 Å². The van der Waals surface area contributed by atoms with Crippen LogP contribution in [-0.2, 0) is 9.59 Å². The Labute approximate surface area is 115 Å². The lowest BCUT2D eigenvalue weighted by molar-refractivity contribution is -0.117. The van der Waals surface area contributed by atoms with Crippen LogP contribution in [0.15, 0.2) is 0 Å². The summed E-state index contributed by atoms with van der Waals surface area (Å²) in [5.41, 5.74) is 12.5. The molecule has 1 rings (SSSR count).